The summed E-state index contributed by atoms with van der Waals surface area (Å²) in [6.07, 6.45) is 0. The van der Waals surface area contributed by atoms with Gasteiger partial charge < -0.3 is 9.64 Å². The van der Waals surface area contributed by atoms with Gasteiger partial charge in [0.2, 0.25) is 0 Å². The first kappa shape index (κ1) is 20.0. The van der Waals surface area contributed by atoms with Crippen LogP contribution in [0.15, 0.2) is 48.5 Å². The molecule has 0 N–H and O–H groups in total. The van der Waals surface area contributed by atoms with Crippen LogP contribution in [0.3, 0.4) is 0 Å². The summed E-state index contributed by atoms with van der Waals surface area (Å²) in [4.78, 5) is 24.7. The van der Waals surface area contributed by atoms with Gasteiger partial charge in [0.15, 0.2) is 5.69 Å². The Balaban J connectivity index is 1.67. The number of aryl methyl sites for hydroxylation is 1. The van der Waals surface area contributed by atoms with Crippen LogP contribution in [0, 0.1) is 24.0 Å². The van der Waals surface area contributed by atoms with Crippen LogP contribution in [0.2, 0.25) is 0 Å². The van der Waals surface area contributed by atoms with Crippen LogP contribution in [-0.2, 0) is 0 Å². The van der Waals surface area contributed by atoms with Crippen LogP contribution >= 0.6 is 0 Å². The zero-order chi connectivity index (χ0) is 21.0. The van der Waals surface area contributed by atoms with E-state index >= 15 is 0 Å². The summed E-state index contributed by atoms with van der Waals surface area (Å²) in [5.41, 5.74) is 2.24. The second-order valence-corrected chi connectivity index (χ2v) is 6.60. The minimum Gasteiger partial charge on any atom is -0.492 e. The van der Waals surface area contributed by atoms with Gasteiger partial charge in [0.05, 0.1) is 22.8 Å². The molecule has 2 aromatic carbocycles. The fourth-order valence-electron chi connectivity index (χ4n) is 2.73. The zero-order valence-corrected chi connectivity index (χ0v) is 16.4. The molecule has 3 rings (SSSR count). The molecule has 1 amide bonds. The van der Waals surface area contributed by atoms with E-state index in [4.69, 9.17) is 4.74 Å². The van der Waals surface area contributed by atoms with Crippen LogP contribution in [0.4, 0.5) is 5.69 Å². The number of likely N-dealkylation sites (N-methyl/N-ethyl adjacent to an activating group) is 1. The number of carbonyl (C=O) groups excluding carboxylic acids is 1. The third kappa shape index (κ3) is 4.57. The maximum absolute atomic E-state index is 12.7. The van der Waals surface area contributed by atoms with Crippen molar-refractivity contribution in [2.45, 2.75) is 13.8 Å². The second-order valence-electron chi connectivity index (χ2n) is 6.60. The standard InChI is InChI=1S/C20H21N5O4/c1-14-7-9-18(10-8-14)29-12-11-23(3)20(26)19-15(2)24(22-21-19)16-5-4-6-17(13-16)25(27)28/h4-10,13H,11-12H2,1-3H3. The normalized spacial score (nSPS) is 10.6. The number of carbonyl (C=O) groups is 1. The minimum absolute atomic E-state index is 0.0596. The zero-order valence-electron chi connectivity index (χ0n) is 16.4. The van der Waals surface area contributed by atoms with Gasteiger partial charge in [-0.1, -0.05) is 29.0 Å². The molecule has 0 aliphatic carbocycles. The molecule has 0 fully saturated rings. The van der Waals surface area contributed by atoms with Crippen molar-refractivity contribution < 1.29 is 14.5 Å². The van der Waals surface area contributed by atoms with E-state index < -0.39 is 4.92 Å². The Morgan fingerprint density at radius 2 is 1.93 bits per heavy atom. The first-order valence-electron chi connectivity index (χ1n) is 8.99. The summed E-state index contributed by atoms with van der Waals surface area (Å²) in [6.45, 7) is 4.40. The Labute approximate surface area is 167 Å². The van der Waals surface area contributed by atoms with Crippen molar-refractivity contribution in [1.29, 1.82) is 0 Å². The SMILES string of the molecule is Cc1ccc(OCCN(C)C(=O)c2nnn(-c3cccc([N+](=O)[O-])c3)c2C)cc1. The summed E-state index contributed by atoms with van der Waals surface area (Å²) in [5, 5.41) is 18.9. The third-order valence-corrected chi connectivity index (χ3v) is 4.45. The van der Waals surface area contributed by atoms with Gasteiger partial charge >= 0.3 is 0 Å². The van der Waals surface area contributed by atoms with E-state index in [1.807, 2.05) is 31.2 Å². The number of nitro groups is 1. The van der Waals surface area contributed by atoms with Gasteiger partial charge in [0.25, 0.3) is 11.6 Å². The van der Waals surface area contributed by atoms with Crippen LogP contribution in [0.5, 0.6) is 5.75 Å². The molecule has 1 heterocycles. The predicted molar refractivity (Wildman–Crippen MR) is 106 cm³/mol. The minimum atomic E-state index is -0.482. The summed E-state index contributed by atoms with van der Waals surface area (Å²) in [7, 11) is 1.66. The van der Waals surface area contributed by atoms with E-state index in [1.54, 1.807) is 26.1 Å². The van der Waals surface area contributed by atoms with E-state index in [9.17, 15) is 14.9 Å². The molecule has 0 aliphatic heterocycles. The summed E-state index contributed by atoms with van der Waals surface area (Å²) in [5.74, 6) is 0.441. The Hall–Kier alpha value is -3.75. The van der Waals surface area contributed by atoms with Crippen molar-refractivity contribution in [3.63, 3.8) is 0 Å². The average molecular weight is 395 g/mol. The number of hydrogen-bond donors (Lipinski definition) is 0. The number of ether oxygens (including phenoxy) is 1. The fraction of sp³-hybridized carbons (Fsp3) is 0.250. The second kappa shape index (κ2) is 8.51. The highest BCUT2D eigenvalue weighted by Gasteiger charge is 2.21. The van der Waals surface area contributed by atoms with E-state index in [0.717, 1.165) is 11.3 Å². The van der Waals surface area contributed by atoms with Gasteiger partial charge in [-0.15, -0.1) is 5.10 Å². The molecule has 0 aliphatic rings. The number of hydrogen-bond acceptors (Lipinski definition) is 6. The summed E-state index contributed by atoms with van der Waals surface area (Å²) >= 11 is 0. The molecule has 1 aromatic heterocycles. The molecular weight excluding hydrogens is 374 g/mol. The third-order valence-electron chi connectivity index (χ3n) is 4.45. The number of aromatic nitrogens is 3. The van der Waals surface area contributed by atoms with Crippen molar-refractivity contribution in [2.75, 3.05) is 20.2 Å². The fourth-order valence-corrected chi connectivity index (χ4v) is 2.73. The average Bonchev–Trinajstić information content (AvgIpc) is 3.10. The van der Waals surface area contributed by atoms with Crippen molar-refractivity contribution in [2.24, 2.45) is 0 Å². The molecule has 0 unspecified atom stereocenters. The van der Waals surface area contributed by atoms with Crippen LogP contribution in [0.25, 0.3) is 5.69 Å². The molecular formula is C20H21N5O4. The maximum atomic E-state index is 12.7. The van der Waals surface area contributed by atoms with E-state index in [-0.39, 0.29) is 17.3 Å². The number of rotatable bonds is 7. The molecule has 29 heavy (non-hydrogen) atoms. The Kier molecular flexibility index (Phi) is 5.87. The van der Waals surface area contributed by atoms with E-state index in [2.05, 4.69) is 10.3 Å². The van der Waals surface area contributed by atoms with Crippen molar-refractivity contribution in [3.8, 4) is 11.4 Å². The number of amides is 1. The Morgan fingerprint density at radius 3 is 2.62 bits per heavy atom. The van der Waals surface area contributed by atoms with Crippen molar-refractivity contribution >= 4 is 11.6 Å². The molecule has 0 saturated carbocycles. The van der Waals surface area contributed by atoms with Gasteiger partial charge in [-0.2, -0.15) is 0 Å². The van der Waals surface area contributed by atoms with Crippen molar-refractivity contribution in [1.82, 2.24) is 19.9 Å². The molecule has 3 aromatic rings. The van der Waals surface area contributed by atoms with Crippen LogP contribution < -0.4 is 4.74 Å². The quantitative estimate of drug-likeness (QED) is 0.450. The number of non-ortho nitro benzene ring substituents is 1. The highest BCUT2D eigenvalue weighted by molar-refractivity contribution is 5.93. The van der Waals surface area contributed by atoms with E-state index in [1.165, 1.54) is 21.7 Å². The number of benzene rings is 2. The largest absolute Gasteiger partial charge is 0.492 e. The van der Waals surface area contributed by atoms with Gasteiger partial charge in [-0.25, -0.2) is 4.68 Å². The molecule has 0 bridgehead atoms. The van der Waals surface area contributed by atoms with Crippen LogP contribution in [-0.4, -0.2) is 50.9 Å². The highest BCUT2D eigenvalue weighted by Crippen LogP contribution is 2.19. The van der Waals surface area contributed by atoms with Crippen molar-refractivity contribution in [3.05, 3.63) is 75.6 Å². The van der Waals surface area contributed by atoms with E-state index in [0.29, 0.717) is 24.5 Å². The molecule has 9 heteroatoms. The first-order valence-corrected chi connectivity index (χ1v) is 8.99. The molecule has 150 valence electrons. The van der Waals surface area contributed by atoms with Gasteiger partial charge in [-0.3, -0.25) is 14.9 Å². The van der Waals surface area contributed by atoms with Crippen LogP contribution in [0.1, 0.15) is 21.7 Å². The summed E-state index contributed by atoms with van der Waals surface area (Å²) in [6, 6.07) is 13.7. The lowest BCUT2D eigenvalue weighted by Crippen LogP contribution is -2.31. The maximum Gasteiger partial charge on any atom is 0.276 e. The highest BCUT2D eigenvalue weighted by atomic mass is 16.6. The van der Waals surface area contributed by atoms with Gasteiger partial charge in [0, 0.05) is 19.2 Å². The lowest BCUT2D eigenvalue weighted by molar-refractivity contribution is -0.384. The number of nitro benzene ring substituents is 1. The van der Waals surface area contributed by atoms with Gasteiger partial charge in [0.1, 0.15) is 12.4 Å². The molecule has 0 radical (unpaired) electrons. The predicted octanol–water partition coefficient (Wildman–Crippen LogP) is 2.94. The first-order chi connectivity index (χ1) is 13.9. The lowest BCUT2D eigenvalue weighted by atomic mass is 10.2. The smallest absolute Gasteiger partial charge is 0.276 e. The molecule has 9 nitrogen and oxygen atoms in total. The molecule has 0 saturated heterocycles. The number of nitrogens with zero attached hydrogens (tertiary/aromatic N) is 5. The van der Waals surface area contributed by atoms with Gasteiger partial charge in [-0.05, 0) is 32.0 Å². The summed E-state index contributed by atoms with van der Waals surface area (Å²) < 4.78 is 7.07. The molecule has 0 atom stereocenters. The molecule has 0 spiro atoms. The Morgan fingerprint density at radius 1 is 1.21 bits per heavy atom. The lowest BCUT2D eigenvalue weighted by Gasteiger charge is -2.16. The topological polar surface area (TPSA) is 103 Å². The monoisotopic (exact) mass is 395 g/mol. The Bertz CT molecular complexity index is 1030.